The van der Waals surface area contributed by atoms with Crippen LogP contribution in [0, 0.1) is 0 Å². The van der Waals surface area contributed by atoms with Crippen molar-refractivity contribution in [1.29, 1.82) is 0 Å². The molecule has 0 radical (unpaired) electrons. The van der Waals surface area contributed by atoms with E-state index in [0.717, 1.165) is 29.5 Å². The first kappa shape index (κ1) is 28.1. The lowest BCUT2D eigenvalue weighted by molar-refractivity contribution is -0.153. The standard InChI is InChI=1S/C30H40N2O5/c1-6-7-8-9-10-11-12-17-32-21-28(33)31(2)25(30(32)34)18-22-13-15-23(16-14-22)24-19-26(35-3)29(37-5)27(20-24)36-4/h11-16,19-20,25H,6-10,17-18,21H2,1-5H3/t25-/m0/s1. The number of unbranched alkanes of at least 4 members (excludes halogenated alkanes) is 4. The zero-order chi connectivity index (χ0) is 26.8. The highest BCUT2D eigenvalue weighted by Crippen LogP contribution is 2.41. The van der Waals surface area contributed by atoms with Crippen molar-refractivity contribution in [2.75, 3.05) is 41.5 Å². The van der Waals surface area contributed by atoms with Crippen LogP contribution in [0.3, 0.4) is 0 Å². The molecule has 0 aromatic heterocycles. The predicted molar refractivity (Wildman–Crippen MR) is 146 cm³/mol. The Labute approximate surface area is 221 Å². The maximum Gasteiger partial charge on any atom is 0.246 e. The molecule has 200 valence electrons. The molecule has 7 heteroatoms. The first-order valence-electron chi connectivity index (χ1n) is 13.0. The molecule has 2 amide bonds. The summed E-state index contributed by atoms with van der Waals surface area (Å²) in [6, 6.07) is 11.3. The van der Waals surface area contributed by atoms with Gasteiger partial charge in [-0.1, -0.05) is 62.6 Å². The van der Waals surface area contributed by atoms with Crippen LogP contribution in [-0.2, 0) is 16.0 Å². The molecule has 0 spiro atoms. The Morgan fingerprint density at radius 1 is 0.892 bits per heavy atom. The number of allylic oxidation sites excluding steroid dienone is 1. The minimum atomic E-state index is -0.508. The second-order valence-electron chi connectivity index (χ2n) is 9.38. The molecule has 0 aliphatic carbocycles. The van der Waals surface area contributed by atoms with Crippen molar-refractivity contribution < 1.29 is 23.8 Å². The van der Waals surface area contributed by atoms with Gasteiger partial charge in [-0.2, -0.15) is 0 Å². The van der Waals surface area contributed by atoms with Crippen LogP contribution in [-0.4, -0.2) is 69.1 Å². The third-order valence-corrected chi connectivity index (χ3v) is 6.88. The van der Waals surface area contributed by atoms with Gasteiger partial charge in [0, 0.05) is 20.0 Å². The van der Waals surface area contributed by atoms with Gasteiger partial charge >= 0.3 is 0 Å². The molecule has 2 aromatic rings. The van der Waals surface area contributed by atoms with Gasteiger partial charge in [-0.05, 0) is 41.7 Å². The summed E-state index contributed by atoms with van der Waals surface area (Å²) in [6.45, 7) is 2.81. The number of rotatable bonds is 13. The molecule has 0 unspecified atom stereocenters. The second-order valence-corrected chi connectivity index (χ2v) is 9.38. The van der Waals surface area contributed by atoms with Crippen LogP contribution >= 0.6 is 0 Å². The summed E-state index contributed by atoms with van der Waals surface area (Å²) in [6.07, 6.45) is 10.5. The van der Waals surface area contributed by atoms with Crippen molar-refractivity contribution in [3.63, 3.8) is 0 Å². The first-order valence-corrected chi connectivity index (χ1v) is 13.0. The average Bonchev–Trinajstić information content (AvgIpc) is 2.92. The summed E-state index contributed by atoms with van der Waals surface area (Å²) < 4.78 is 16.4. The molecule has 1 aliphatic heterocycles. The van der Waals surface area contributed by atoms with Gasteiger partial charge in [-0.3, -0.25) is 9.59 Å². The van der Waals surface area contributed by atoms with Gasteiger partial charge in [-0.25, -0.2) is 0 Å². The van der Waals surface area contributed by atoms with Crippen LogP contribution in [0.5, 0.6) is 17.2 Å². The Hall–Kier alpha value is -3.48. The fourth-order valence-electron chi connectivity index (χ4n) is 4.59. The Balaban J connectivity index is 1.69. The average molecular weight is 509 g/mol. The lowest BCUT2D eigenvalue weighted by Gasteiger charge is -2.38. The molecule has 1 fully saturated rings. The van der Waals surface area contributed by atoms with Crippen LogP contribution in [0.1, 0.15) is 44.6 Å². The van der Waals surface area contributed by atoms with Gasteiger partial charge in [0.1, 0.15) is 12.6 Å². The SMILES string of the molecule is CCCCCCC=CCN1CC(=O)N(C)[C@@H](Cc2ccc(-c3cc(OC)c(OC)c(OC)c3)cc2)C1=O. The smallest absolute Gasteiger partial charge is 0.246 e. The Morgan fingerprint density at radius 3 is 2.16 bits per heavy atom. The number of amides is 2. The third kappa shape index (κ3) is 7.06. The third-order valence-electron chi connectivity index (χ3n) is 6.88. The number of methoxy groups -OCH3 is 3. The summed E-state index contributed by atoms with van der Waals surface area (Å²) in [5.74, 6) is 1.68. The quantitative estimate of drug-likeness (QED) is 0.278. The molecule has 7 nitrogen and oxygen atoms in total. The zero-order valence-corrected chi connectivity index (χ0v) is 22.8. The molecule has 1 heterocycles. The molecule has 1 aliphatic rings. The van der Waals surface area contributed by atoms with Gasteiger partial charge in [0.2, 0.25) is 17.6 Å². The zero-order valence-electron chi connectivity index (χ0n) is 22.8. The van der Waals surface area contributed by atoms with E-state index in [4.69, 9.17) is 14.2 Å². The van der Waals surface area contributed by atoms with E-state index in [1.165, 1.54) is 19.3 Å². The summed E-state index contributed by atoms with van der Waals surface area (Å²) in [7, 11) is 6.48. The molecule has 37 heavy (non-hydrogen) atoms. The number of carbonyl (C=O) groups is 2. The highest BCUT2D eigenvalue weighted by molar-refractivity contribution is 5.95. The van der Waals surface area contributed by atoms with Crippen molar-refractivity contribution in [2.45, 2.75) is 51.5 Å². The van der Waals surface area contributed by atoms with Gasteiger partial charge < -0.3 is 24.0 Å². The fourth-order valence-corrected chi connectivity index (χ4v) is 4.59. The fraction of sp³-hybridized carbons (Fsp3) is 0.467. The highest BCUT2D eigenvalue weighted by Gasteiger charge is 2.36. The Kier molecular flexibility index (Phi) is 10.4. The van der Waals surface area contributed by atoms with Crippen LogP contribution in [0.25, 0.3) is 11.1 Å². The highest BCUT2D eigenvalue weighted by atomic mass is 16.5. The first-order chi connectivity index (χ1) is 17.9. The molecule has 0 bridgehead atoms. The minimum absolute atomic E-state index is 0.00793. The molecule has 1 atom stereocenters. The summed E-state index contributed by atoms with van der Waals surface area (Å²) in [5, 5.41) is 0. The number of ether oxygens (including phenoxy) is 3. The maximum atomic E-state index is 13.2. The lowest BCUT2D eigenvalue weighted by Crippen LogP contribution is -2.59. The monoisotopic (exact) mass is 508 g/mol. The van der Waals surface area contributed by atoms with Crippen molar-refractivity contribution >= 4 is 11.8 Å². The van der Waals surface area contributed by atoms with E-state index in [-0.39, 0.29) is 18.4 Å². The largest absolute Gasteiger partial charge is 0.493 e. The molecule has 0 N–H and O–H groups in total. The molecule has 2 aromatic carbocycles. The number of carbonyl (C=O) groups excluding carboxylic acids is 2. The maximum absolute atomic E-state index is 13.2. The number of nitrogens with zero attached hydrogens (tertiary/aromatic N) is 2. The second kappa shape index (κ2) is 13.7. The van der Waals surface area contributed by atoms with Gasteiger partial charge in [0.25, 0.3) is 0 Å². The van der Waals surface area contributed by atoms with E-state index in [0.29, 0.717) is 30.2 Å². The number of benzene rings is 2. The van der Waals surface area contributed by atoms with Crippen molar-refractivity contribution in [3.05, 3.63) is 54.1 Å². The normalized spacial score (nSPS) is 16.0. The topological polar surface area (TPSA) is 68.3 Å². The van der Waals surface area contributed by atoms with Gasteiger partial charge in [0.05, 0.1) is 21.3 Å². The van der Waals surface area contributed by atoms with Crippen molar-refractivity contribution in [3.8, 4) is 28.4 Å². The number of hydrogen-bond acceptors (Lipinski definition) is 5. The van der Waals surface area contributed by atoms with E-state index in [1.54, 1.807) is 38.2 Å². The molecular formula is C30H40N2O5. The molecule has 1 saturated heterocycles. The van der Waals surface area contributed by atoms with Crippen LogP contribution in [0.4, 0.5) is 0 Å². The molecule has 3 rings (SSSR count). The van der Waals surface area contributed by atoms with Crippen LogP contribution < -0.4 is 14.2 Å². The van der Waals surface area contributed by atoms with E-state index in [1.807, 2.05) is 42.5 Å². The van der Waals surface area contributed by atoms with Crippen LogP contribution in [0.15, 0.2) is 48.6 Å². The van der Waals surface area contributed by atoms with Crippen molar-refractivity contribution in [2.24, 2.45) is 0 Å². The minimum Gasteiger partial charge on any atom is -0.493 e. The number of likely N-dealkylation sites (N-methyl/N-ethyl adjacent to an activating group) is 1. The Bertz CT molecular complexity index is 1050. The lowest BCUT2D eigenvalue weighted by atomic mass is 9.98. The number of hydrogen-bond donors (Lipinski definition) is 0. The van der Waals surface area contributed by atoms with Gasteiger partial charge in [-0.15, -0.1) is 0 Å². The molecular weight excluding hydrogens is 468 g/mol. The summed E-state index contributed by atoms with van der Waals surface area (Å²) >= 11 is 0. The van der Waals surface area contributed by atoms with Crippen LogP contribution in [0.2, 0.25) is 0 Å². The van der Waals surface area contributed by atoms with E-state index >= 15 is 0 Å². The van der Waals surface area contributed by atoms with E-state index < -0.39 is 6.04 Å². The summed E-state index contributed by atoms with van der Waals surface area (Å²) in [4.78, 5) is 29.1. The predicted octanol–water partition coefficient (Wildman–Crippen LogP) is 5.12. The Morgan fingerprint density at radius 2 is 1.57 bits per heavy atom. The number of piperazine rings is 1. The van der Waals surface area contributed by atoms with E-state index in [9.17, 15) is 9.59 Å². The van der Waals surface area contributed by atoms with Crippen molar-refractivity contribution in [1.82, 2.24) is 9.80 Å². The van der Waals surface area contributed by atoms with Gasteiger partial charge in [0.15, 0.2) is 11.5 Å². The molecule has 0 saturated carbocycles. The van der Waals surface area contributed by atoms with E-state index in [2.05, 4.69) is 13.0 Å². The summed E-state index contributed by atoms with van der Waals surface area (Å²) in [5.41, 5.74) is 2.89.